The lowest BCUT2D eigenvalue weighted by Gasteiger charge is -2.37. The van der Waals surface area contributed by atoms with Crippen molar-refractivity contribution >= 4 is 34.9 Å². The Hall–Kier alpha value is -4.77. The summed E-state index contributed by atoms with van der Waals surface area (Å²) in [7, 11) is 0. The van der Waals surface area contributed by atoms with Gasteiger partial charge >= 0.3 is 0 Å². The molecule has 7 rings (SSSR count). The van der Waals surface area contributed by atoms with Crippen LogP contribution in [0.4, 0.5) is 11.4 Å². The van der Waals surface area contributed by atoms with E-state index in [0.29, 0.717) is 16.8 Å². The van der Waals surface area contributed by atoms with Crippen LogP contribution in [-0.2, 0) is 10.2 Å². The van der Waals surface area contributed by atoms with Crippen LogP contribution in [0, 0.1) is 19.8 Å². The van der Waals surface area contributed by atoms with Crippen LogP contribution in [0.3, 0.4) is 0 Å². The fraction of sp³-hybridized carbons (Fsp3) is 0.171. The second kappa shape index (κ2) is 8.88. The fourth-order valence-corrected chi connectivity index (χ4v) is 6.97. The van der Waals surface area contributed by atoms with Crippen molar-refractivity contribution in [3.63, 3.8) is 0 Å². The predicted octanol–water partition coefficient (Wildman–Crippen LogP) is 6.16. The van der Waals surface area contributed by atoms with Crippen molar-refractivity contribution in [1.82, 2.24) is 0 Å². The molecule has 4 unspecified atom stereocenters. The monoisotopic (exact) mass is 524 g/mol. The van der Waals surface area contributed by atoms with Crippen LogP contribution in [-0.4, -0.2) is 29.6 Å². The molecule has 4 aromatic rings. The summed E-state index contributed by atoms with van der Waals surface area (Å²) in [5, 5.41) is 3.08. The Kier molecular flexibility index (Phi) is 5.39. The minimum absolute atomic E-state index is 0.174. The normalized spacial score (nSPS) is 23.9. The van der Waals surface area contributed by atoms with Gasteiger partial charge in [0.05, 0.1) is 12.0 Å². The number of para-hydroxylation sites is 1. The number of aryl methyl sites for hydroxylation is 2. The number of Topliss-reactive ketones (excluding diaryl/α,β-unsaturated/α-hetero) is 2. The molecule has 0 bridgehead atoms. The summed E-state index contributed by atoms with van der Waals surface area (Å²) < 4.78 is 0. The van der Waals surface area contributed by atoms with Crippen LogP contribution >= 0.6 is 0 Å². The zero-order valence-corrected chi connectivity index (χ0v) is 22.3. The predicted molar refractivity (Wildman–Crippen MR) is 157 cm³/mol. The van der Waals surface area contributed by atoms with Gasteiger partial charge in [-0.15, -0.1) is 0 Å². The van der Waals surface area contributed by atoms with E-state index >= 15 is 0 Å². The van der Waals surface area contributed by atoms with Crippen molar-refractivity contribution in [2.24, 2.45) is 5.92 Å². The largest absolute Gasteiger partial charge is 0.352 e. The number of hydrogen-bond donors (Lipinski definition) is 1. The van der Waals surface area contributed by atoms with Gasteiger partial charge in [0, 0.05) is 22.5 Å². The highest BCUT2D eigenvalue weighted by atomic mass is 16.2. The van der Waals surface area contributed by atoms with Gasteiger partial charge in [0.1, 0.15) is 11.5 Å². The summed E-state index contributed by atoms with van der Waals surface area (Å²) in [5.74, 6) is -1.60. The fourth-order valence-electron chi connectivity index (χ4n) is 6.97. The second-order valence-electron chi connectivity index (χ2n) is 11.0. The first-order chi connectivity index (χ1) is 19.4. The molecule has 1 fully saturated rings. The smallest absolute Gasteiger partial charge is 0.238 e. The van der Waals surface area contributed by atoms with E-state index in [1.807, 2.05) is 97.6 Å². The van der Waals surface area contributed by atoms with Crippen LogP contribution in [0.2, 0.25) is 0 Å². The van der Waals surface area contributed by atoms with E-state index in [1.54, 1.807) is 24.3 Å². The number of rotatable bonds is 4. The molecule has 40 heavy (non-hydrogen) atoms. The lowest BCUT2D eigenvalue weighted by Crippen LogP contribution is -2.51. The minimum Gasteiger partial charge on any atom is -0.352 e. The summed E-state index contributed by atoms with van der Waals surface area (Å²) in [6, 6.07) is 28.8. The van der Waals surface area contributed by atoms with Crippen LogP contribution < -0.4 is 10.2 Å². The third-order valence-electron chi connectivity index (χ3n) is 8.73. The van der Waals surface area contributed by atoms with E-state index in [2.05, 4.69) is 11.4 Å². The third-order valence-corrected chi connectivity index (χ3v) is 8.73. The molecule has 3 aliphatic heterocycles. The third kappa shape index (κ3) is 3.30. The molecule has 0 saturated carbocycles. The summed E-state index contributed by atoms with van der Waals surface area (Å²) in [6.45, 7) is 4.00. The highest BCUT2D eigenvalue weighted by Crippen LogP contribution is 2.58. The summed E-state index contributed by atoms with van der Waals surface area (Å²) in [6.07, 6.45) is 4.04. The van der Waals surface area contributed by atoms with Gasteiger partial charge in [-0.2, -0.15) is 0 Å². The van der Waals surface area contributed by atoms with Crippen LogP contribution in [0.5, 0.6) is 0 Å². The lowest BCUT2D eigenvalue weighted by molar-refractivity contribution is -0.121. The van der Waals surface area contributed by atoms with E-state index in [0.717, 1.165) is 27.9 Å². The standard InChI is InChI=1S/C35H28N2O3/c1-21-12-15-24(16-13-21)32(38)30-31(33(39)23-8-4-3-5-9-23)37-28-18-14-22(2)20-25(28)17-19-29(37)35(30)26-10-6-7-11-27(26)36-34(35)40/h3-20,29-31H,1-2H3,(H,36,40). The number of fused-ring (bicyclic) bond motifs is 6. The molecule has 3 heterocycles. The number of nitrogens with one attached hydrogen (secondary N) is 1. The maximum Gasteiger partial charge on any atom is 0.238 e. The first-order valence-electron chi connectivity index (χ1n) is 13.6. The van der Waals surface area contributed by atoms with E-state index in [-0.39, 0.29) is 17.5 Å². The van der Waals surface area contributed by atoms with E-state index in [4.69, 9.17) is 0 Å². The quantitative estimate of drug-likeness (QED) is 0.325. The Morgan fingerprint density at radius 1 is 0.775 bits per heavy atom. The molecule has 5 nitrogen and oxygen atoms in total. The van der Waals surface area contributed by atoms with Gasteiger partial charge in [-0.3, -0.25) is 14.4 Å². The number of amides is 1. The Morgan fingerprint density at radius 3 is 2.23 bits per heavy atom. The van der Waals surface area contributed by atoms with Crippen molar-refractivity contribution in [3.8, 4) is 0 Å². The molecule has 1 saturated heterocycles. The molecule has 4 aromatic carbocycles. The van der Waals surface area contributed by atoms with E-state index in [1.165, 1.54) is 0 Å². The molecule has 0 aliphatic carbocycles. The van der Waals surface area contributed by atoms with Crippen LogP contribution in [0.15, 0.2) is 103 Å². The van der Waals surface area contributed by atoms with Crippen LogP contribution in [0.1, 0.15) is 43.0 Å². The SMILES string of the molecule is Cc1ccc(C(=O)C2C(C(=O)c3ccccc3)N3c4ccc(C)cc4C=CC3C23C(=O)Nc2ccccc23)cc1. The second-order valence-corrected chi connectivity index (χ2v) is 11.0. The average Bonchev–Trinajstić information content (AvgIpc) is 3.45. The molecule has 196 valence electrons. The Bertz CT molecular complexity index is 1720. The van der Waals surface area contributed by atoms with Crippen LogP contribution in [0.25, 0.3) is 6.08 Å². The van der Waals surface area contributed by atoms with Crippen molar-refractivity contribution in [1.29, 1.82) is 0 Å². The van der Waals surface area contributed by atoms with Gasteiger partial charge in [0.15, 0.2) is 11.6 Å². The molecule has 0 aromatic heterocycles. The maximum absolute atomic E-state index is 14.7. The molecule has 5 heteroatoms. The number of ketones is 2. The molecule has 0 radical (unpaired) electrons. The molecule has 4 atom stereocenters. The van der Waals surface area contributed by atoms with Crippen molar-refractivity contribution in [2.75, 3.05) is 10.2 Å². The van der Waals surface area contributed by atoms with Gasteiger partial charge in [-0.25, -0.2) is 0 Å². The van der Waals surface area contributed by atoms with Gasteiger partial charge in [-0.05, 0) is 43.2 Å². The topological polar surface area (TPSA) is 66.5 Å². The lowest BCUT2D eigenvalue weighted by atomic mass is 9.64. The first kappa shape index (κ1) is 24.3. The van der Waals surface area contributed by atoms with Crippen molar-refractivity contribution < 1.29 is 14.4 Å². The van der Waals surface area contributed by atoms with Crippen molar-refractivity contribution in [2.45, 2.75) is 31.3 Å². The molecule has 3 aliphatic rings. The molecule has 1 amide bonds. The first-order valence-corrected chi connectivity index (χ1v) is 13.6. The number of carbonyl (C=O) groups excluding carboxylic acids is 3. The van der Waals surface area contributed by atoms with Gasteiger partial charge in [0.2, 0.25) is 5.91 Å². The van der Waals surface area contributed by atoms with Gasteiger partial charge in [-0.1, -0.05) is 102 Å². The Morgan fingerprint density at radius 2 is 1.45 bits per heavy atom. The summed E-state index contributed by atoms with van der Waals surface area (Å²) in [4.78, 5) is 45.7. The highest BCUT2D eigenvalue weighted by Gasteiger charge is 2.70. The van der Waals surface area contributed by atoms with Gasteiger partial charge in [0.25, 0.3) is 0 Å². The van der Waals surface area contributed by atoms with E-state index < -0.39 is 23.4 Å². The van der Waals surface area contributed by atoms with Gasteiger partial charge < -0.3 is 10.2 Å². The number of nitrogens with zero attached hydrogens (tertiary/aromatic N) is 1. The average molecular weight is 525 g/mol. The molecular formula is C35H28N2O3. The summed E-state index contributed by atoms with van der Waals surface area (Å²) in [5.41, 5.74) is 5.09. The molecule has 1 N–H and O–H groups in total. The zero-order valence-electron chi connectivity index (χ0n) is 22.3. The maximum atomic E-state index is 14.7. The molecular weight excluding hydrogens is 496 g/mol. The number of carbonyl (C=O) groups is 3. The number of hydrogen-bond acceptors (Lipinski definition) is 4. The minimum atomic E-state index is -1.30. The summed E-state index contributed by atoms with van der Waals surface area (Å²) >= 11 is 0. The zero-order chi connectivity index (χ0) is 27.6. The number of anilines is 2. The van der Waals surface area contributed by atoms with E-state index in [9.17, 15) is 14.4 Å². The Labute approximate surface area is 233 Å². The Balaban J connectivity index is 1.54. The highest BCUT2D eigenvalue weighted by molar-refractivity contribution is 6.18. The number of benzene rings is 4. The van der Waals surface area contributed by atoms with Crippen molar-refractivity contribution in [3.05, 3.63) is 137 Å². The molecule has 1 spiro atoms.